The summed E-state index contributed by atoms with van der Waals surface area (Å²) in [5.41, 5.74) is 3.63. The van der Waals surface area contributed by atoms with E-state index in [-0.39, 0.29) is 5.56 Å². The fraction of sp³-hybridized carbons (Fsp3) is 0.188. The van der Waals surface area contributed by atoms with Gasteiger partial charge >= 0.3 is 5.97 Å². The number of alkyl halides is 1. The van der Waals surface area contributed by atoms with Crippen LogP contribution in [0.5, 0.6) is 0 Å². The van der Waals surface area contributed by atoms with Crippen LogP contribution in [0.25, 0.3) is 16.7 Å². The van der Waals surface area contributed by atoms with Crippen molar-refractivity contribution < 1.29 is 9.90 Å². The highest BCUT2D eigenvalue weighted by Crippen LogP contribution is 2.31. The lowest BCUT2D eigenvalue weighted by Gasteiger charge is -2.12. The summed E-state index contributed by atoms with van der Waals surface area (Å²) in [5.74, 6) is -0.671. The number of carboxylic acids is 1. The highest BCUT2D eigenvalue weighted by atomic mass is 35.5. The van der Waals surface area contributed by atoms with Crippen LogP contribution in [0.15, 0.2) is 18.2 Å². The molecule has 0 aliphatic heterocycles. The molecule has 5 nitrogen and oxygen atoms in total. The van der Waals surface area contributed by atoms with E-state index in [1.807, 2.05) is 6.92 Å². The predicted octanol–water partition coefficient (Wildman–Crippen LogP) is 3.80. The van der Waals surface area contributed by atoms with Crippen molar-refractivity contribution in [1.29, 1.82) is 5.26 Å². The summed E-state index contributed by atoms with van der Waals surface area (Å²) in [4.78, 5) is 15.6. The Balaban J connectivity index is 2.52. The SMILES string of the molecule is Cc1c(CCCl)c(Cl)n2c(nc3ccc(C(=O)O)cc32)c1C#N. The van der Waals surface area contributed by atoms with Crippen LogP contribution in [0, 0.1) is 18.3 Å². The van der Waals surface area contributed by atoms with Crippen LogP contribution in [0.2, 0.25) is 5.15 Å². The minimum Gasteiger partial charge on any atom is -0.478 e. The third kappa shape index (κ3) is 2.31. The molecule has 0 spiro atoms. The second kappa shape index (κ2) is 5.73. The van der Waals surface area contributed by atoms with E-state index in [0.717, 1.165) is 11.1 Å². The smallest absolute Gasteiger partial charge is 0.335 e. The zero-order valence-corrected chi connectivity index (χ0v) is 13.6. The lowest BCUT2D eigenvalue weighted by Crippen LogP contribution is -2.03. The summed E-state index contributed by atoms with van der Waals surface area (Å²) in [6.45, 7) is 1.81. The van der Waals surface area contributed by atoms with Crippen LogP contribution < -0.4 is 0 Å². The first kappa shape index (κ1) is 15.6. The molecule has 0 aliphatic rings. The van der Waals surface area contributed by atoms with Gasteiger partial charge < -0.3 is 5.11 Å². The lowest BCUT2D eigenvalue weighted by atomic mass is 10.0. The first-order valence-corrected chi connectivity index (χ1v) is 7.73. The molecule has 3 aromatic rings. The van der Waals surface area contributed by atoms with Gasteiger partial charge in [0.15, 0.2) is 5.65 Å². The molecule has 0 bridgehead atoms. The summed E-state index contributed by atoms with van der Waals surface area (Å²) in [7, 11) is 0. The third-order valence-electron chi connectivity index (χ3n) is 3.85. The minimum absolute atomic E-state index is 0.133. The Bertz CT molecular complexity index is 1000. The molecular formula is C16H11Cl2N3O2. The van der Waals surface area contributed by atoms with Gasteiger partial charge in [-0.2, -0.15) is 5.26 Å². The van der Waals surface area contributed by atoms with E-state index >= 15 is 0 Å². The van der Waals surface area contributed by atoms with Gasteiger partial charge in [-0.3, -0.25) is 4.40 Å². The summed E-state index contributed by atoms with van der Waals surface area (Å²) in [6.07, 6.45) is 0.509. The van der Waals surface area contributed by atoms with Crippen molar-refractivity contribution in [3.63, 3.8) is 0 Å². The molecule has 3 rings (SSSR count). The lowest BCUT2D eigenvalue weighted by molar-refractivity contribution is 0.0697. The average Bonchev–Trinajstić information content (AvgIpc) is 2.90. The van der Waals surface area contributed by atoms with Crippen molar-refractivity contribution in [2.75, 3.05) is 5.88 Å². The second-order valence-electron chi connectivity index (χ2n) is 5.10. The number of halogens is 2. The van der Waals surface area contributed by atoms with Gasteiger partial charge in [-0.1, -0.05) is 11.6 Å². The van der Waals surface area contributed by atoms with Gasteiger partial charge in [-0.15, -0.1) is 11.6 Å². The molecule has 2 aromatic heterocycles. The van der Waals surface area contributed by atoms with E-state index in [1.54, 1.807) is 10.5 Å². The van der Waals surface area contributed by atoms with E-state index in [9.17, 15) is 15.2 Å². The number of aromatic carboxylic acids is 1. The second-order valence-corrected chi connectivity index (χ2v) is 5.84. The number of nitrogens with zero attached hydrogens (tertiary/aromatic N) is 3. The fourth-order valence-corrected chi connectivity index (χ4v) is 3.30. The van der Waals surface area contributed by atoms with Crippen LogP contribution in [0.4, 0.5) is 0 Å². The maximum Gasteiger partial charge on any atom is 0.335 e. The maximum absolute atomic E-state index is 11.2. The highest BCUT2D eigenvalue weighted by Gasteiger charge is 2.20. The molecular weight excluding hydrogens is 337 g/mol. The summed E-state index contributed by atoms with van der Waals surface area (Å²) < 4.78 is 1.62. The average molecular weight is 348 g/mol. The van der Waals surface area contributed by atoms with Crippen molar-refractivity contribution in [2.24, 2.45) is 0 Å². The van der Waals surface area contributed by atoms with E-state index < -0.39 is 5.97 Å². The van der Waals surface area contributed by atoms with Gasteiger partial charge in [-0.05, 0) is 42.7 Å². The zero-order valence-electron chi connectivity index (χ0n) is 12.1. The molecule has 0 unspecified atom stereocenters. The Morgan fingerprint density at radius 2 is 2.22 bits per heavy atom. The minimum atomic E-state index is -1.04. The van der Waals surface area contributed by atoms with Crippen LogP contribution in [0.3, 0.4) is 0 Å². The first-order chi connectivity index (χ1) is 11.0. The molecule has 0 atom stereocenters. The molecule has 0 saturated heterocycles. The quantitative estimate of drug-likeness (QED) is 0.577. The van der Waals surface area contributed by atoms with Gasteiger partial charge in [0.1, 0.15) is 11.2 Å². The number of imidazole rings is 1. The number of rotatable bonds is 3. The molecule has 23 heavy (non-hydrogen) atoms. The van der Waals surface area contributed by atoms with E-state index in [0.29, 0.717) is 39.7 Å². The fourth-order valence-electron chi connectivity index (χ4n) is 2.70. The Hall–Kier alpha value is -2.29. The summed E-state index contributed by atoms with van der Waals surface area (Å²) in [6, 6.07) is 6.75. The molecule has 0 saturated carbocycles. The Kier molecular flexibility index (Phi) is 3.88. The number of hydrogen-bond acceptors (Lipinski definition) is 3. The zero-order chi connectivity index (χ0) is 16.7. The van der Waals surface area contributed by atoms with E-state index in [1.165, 1.54) is 12.1 Å². The van der Waals surface area contributed by atoms with E-state index in [2.05, 4.69) is 11.1 Å². The normalized spacial score (nSPS) is 11.0. The summed E-state index contributed by atoms with van der Waals surface area (Å²) >= 11 is 12.4. The topological polar surface area (TPSA) is 78.4 Å². The van der Waals surface area contributed by atoms with Gasteiger partial charge in [0.2, 0.25) is 0 Å². The highest BCUT2D eigenvalue weighted by molar-refractivity contribution is 6.31. The standard InChI is InChI=1S/C16H11Cl2N3O2/c1-8-10(4-5-17)14(18)21-13-6-9(16(22)23)2-3-12(13)20-15(21)11(8)7-19/h2-3,6H,4-5H2,1H3,(H,22,23). The van der Waals surface area contributed by atoms with Crippen molar-refractivity contribution in [2.45, 2.75) is 13.3 Å². The number of nitriles is 1. The number of carboxylic acid groups (broad SMARTS) is 1. The van der Waals surface area contributed by atoms with Gasteiger partial charge in [-0.25, -0.2) is 9.78 Å². The maximum atomic E-state index is 11.2. The van der Waals surface area contributed by atoms with E-state index in [4.69, 9.17) is 23.2 Å². The molecule has 0 amide bonds. The molecule has 0 aliphatic carbocycles. The van der Waals surface area contributed by atoms with Gasteiger partial charge in [0.05, 0.1) is 22.2 Å². The van der Waals surface area contributed by atoms with Crippen molar-refractivity contribution >= 4 is 45.9 Å². The van der Waals surface area contributed by atoms with Crippen molar-refractivity contribution in [3.8, 4) is 6.07 Å². The van der Waals surface area contributed by atoms with Crippen LogP contribution in [-0.4, -0.2) is 26.3 Å². The monoisotopic (exact) mass is 347 g/mol. The Labute approximate surface area is 141 Å². The summed E-state index contributed by atoms with van der Waals surface area (Å²) in [5, 5.41) is 19.1. The number of pyridine rings is 1. The molecule has 0 fully saturated rings. The number of fused-ring (bicyclic) bond motifs is 3. The molecule has 116 valence electrons. The van der Waals surface area contributed by atoms with Crippen molar-refractivity contribution in [3.05, 3.63) is 45.6 Å². The van der Waals surface area contributed by atoms with Gasteiger partial charge in [0.25, 0.3) is 0 Å². The van der Waals surface area contributed by atoms with Crippen molar-refractivity contribution in [1.82, 2.24) is 9.38 Å². The molecule has 1 N–H and O–H groups in total. The van der Waals surface area contributed by atoms with Crippen LogP contribution in [0.1, 0.15) is 27.0 Å². The molecule has 2 heterocycles. The Morgan fingerprint density at radius 1 is 1.48 bits per heavy atom. The number of carbonyl (C=O) groups is 1. The Morgan fingerprint density at radius 3 is 2.83 bits per heavy atom. The first-order valence-electron chi connectivity index (χ1n) is 6.82. The number of hydrogen-bond donors (Lipinski definition) is 1. The van der Waals surface area contributed by atoms with Gasteiger partial charge in [0, 0.05) is 5.88 Å². The van der Waals surface area contributed by atoms with Crippen LogP contribution >= 0.6 is 23.2 Å². The molecule has 0 radical (unpaired) electrons. The number of benzene rings is 1. The van der Waals surface area contributed by atoms with Crippen LogP contribution in [-0.2, 0) is 6.42 Å². The predicted molar refractivity (Wildman–Crippen MR) is 88.5 cm³/mol. The molecule has 7 heteroatoms. The molecule has 1 aromatic carbocycles. The number of aromatic nitrogens is 2. The third-order valence-corrected chi connectivity index (χ3v) is 4.44. The largest absolute Gasteiger partial charge is 0.478 e.